The average molecular weight is 243 g/mol. The molecule has 5 nitrogen and oxygen atoms in total. The summed E-state index contributed by atoms with van der Waals surface area (Å²) in [7, 11) is 0. The highest BCUT2D eigenvalue weighted by Crippen LogP contribution is 2.16. The fraction of sp³-hybridized carbons (Fsp3) is 0.700. The summed E-state index contributed by atoms with van der Waals surface area (Å²) < 4.78 is 5.38. The monoisotopic (exact) mass is 242 g/mol. The van der Waals surface area contributed by atoms with Gasteiger partial charge in [0.15, 0.2) is 0 Å². The summed E-state index contributed by atoms with van der Waals surface area (Å²) in [5, 5.41) is 8.20. The first-order valence-electron chi connectivity index (χ1n) is 5.30. The molecular formula is C10H15ClN4O. The van der Waals surface area contributed by atoms with E-state index in [9.17, 15) is 0 Å². The van der Waals surface area contributed by atoms with Gasteiger partial charge in [0, 0.05) is 12.4 Å². The summed E-state index contributed by atoms with van der Waals surface area (Å²) in [6.45, 7) is 5.91. The molecule has 0 aromatic carbocycles. The molecule has 0 N–H and O–H groups in total. The van der Waals surface area contributed by atoms with Crippen molar-refractivity contribution in [3.05, 3.63) is 11.4 Å². The number of hydrogen-bond donors (Lipinski definition) is 0. The van der Waals surface area contributed by atoms with Crippen molar-refractivity contribution in [3.63, 3.8) is 0 Å². The van der Waals surface area contributed by atoms with Crippen LogP contribution in [0.3, 0.4) is 0 Å². The van der Waals surface area contributed by atoms with Crippen LogP contribution < -0.4 is 4.90 Å². The number of halogens is 1. The first-order chi connectivity index (χ1) is 7.72. The van der Waals surface area contributed by atoms with Crippen LogP contribution in [0.4, 0.5) is 5.95 Å². The zero-order valence-corrected chi connectivity index (χ0v) is 10.2. The number of rotatable bonds is 2. The predicted octanol–water partition coefficient (Wildman–Crippen LogP) is 0.932. The molecular weight excluding hydrogens is 228 g/mol. The number of aromatic nitrogens is 3. The van der Waals surface area contributed by atoms with E-state index in [1.165, 1.54) is 0 Å². The molecule has 2 rings (SSSR count). The summed E-state index contributed by atoms with van der Waals surface area (Å²) in [6.07, 6.45) is 0. The Hall–Kier alpha value is -0.940. The molecule has 1 aliphatic heterocycles. The summed E-state index contributed by atoms with van der Waals surface area (Å²) in [4.78, 5) is 6.50. The number of morpholine rings is 1. The summed E-state index contributed by atoms with van der Waals surface area (Å²) >= 11 is 5.90. The normalized spacial score (nSPS) is 21.2. The van der Waals surface area contributed by atoms with Crippen LogP contribution in [-0.2, 0) is 4.74 Å². The highest BCUT2D eigenvalue weighted by Gasteiger charge is 2.24. The third kappa shape index (κ3) is 2.25. The third-order valence-electron chi connectivity index (χ3n) is 2.74. The number of hydrogen-bond acceptors (Lipinski definition) is 5. The van der Waals surface area contributed by atoms with E-state index >= 15 is 0 Å². The van der Waals surface area contributed by atoms with E-state index in [4.69, 9.17) is 16.3 Å². The fourth-order valence-corrected chi connectivity index (χ4v) is 1.87. The van der Waals surface area contributed by atoms with Crippen LogP contribution in [0.2, 0.25) is 0 Å². The van der Waals surface area contributed by atoms with Crippen molar-refractivity contribution in [1.82, 2.24) is 15.2 Å². The maximum atomic E-state index is 5.90. The minimum absolute atomic E-state index is 0.138. The van der Waals surface area contributed by atoms with Crippen LogP contribution in [0.15, 0.2) is 0 Å². The van der Waals surface area contributed by atoms with Crippen molar-refractivity contribution in [2.45, 2.75) is 19.9 Å². The molecule has 1 aromatic rings. The Labute approximate surface area is 99.8 Å². The van der Waals surface area contributed by atoms with Crippen LogP contribution >= 0.6 is 11.6 Å². The smallest absolute Gasteiger partial charge is 0.246 e. The van der Waals surface area contributed by atoms with E-state index < -0.39 is 0 Å². The van der Waals surface area contributed by atoms with Gasteiger partial charge in [-0.15, -0.1) is 16.7 Å². The Balaban J connectivity index is 2.23. The van der Waals surface area contributed by atoms with Gasteiger partial charge in [-0.3, -0.25) is 0 Å². The lowest BCUT2D eigenvalue weighted by molar-refractivity contribution is 0.0988. The summed E-state index contributed by atoms with van der Waals surface area (Å²) in [5.74, 6) is 1.16. The lowest BCUT2D eigenvalue weighted by Crippen LogP contribution is -2.47. The van der Waals surface area contributed by atoms with Crippen LogP contribution in [0.25, 0.3) is 0 Å². The number of ether oxygens (including phenoxy) is 1. The molecule has 1 unspecified atom stereocenters. The van der Waals surface area contributed by atoms with Gasteiger partial charge in [-0.1, -0.05) is 0 Å². The van der Waals surface area contributed by atoms with E-state index in [2.05, 4.69) is 20.1 Å². The molecule has 1 atom stereocenters. The van der Waals surface area contributed by atoms with Gasteiger partial charge in [0.2, 0.25) is 5.95 Å². The van der Waals surface area contributed by atoms with Crippen LogP contribution in [0, 0.1) is 13.8 Å². The first-order valence-corrected chi connectivity index (χ1v) is 5.84. The second kappa shape index (κ2) is 4.93. The van der Waals surface area contributed by atoms with E-state index in [0.29, 0.717) is 25.0 Å². The number of alkyl halides is 1. The largest absolute Gasteiger partial charge is 0.377 e. The van der Waals surface area contributed by atoms with Gasteiger partial charge in [0.1, 0.15) is 0 Å². The quantitative estimate of drug-likeness (QED) is 0.723. The predicted molar refractivity (Wildman–Crippen MR) is 62.0 cm³/mol. The highest BCUT2D eigenvalue weighted by molar-refractivity contribution is 6.18. The maximum absolute atomic E-state index is 5.90. The summed E-state index contributed by atoms with van der Waals surface area (Å²) in [5.41, 5.74) is 1.77. The maximum Gasteiger partial charge on any atom is 0.246 e. The molecule has 1 saturated heterocycles. The van der Waals surface area contributed by atoms with Crippen molar-refractivity contribution in [2.24, 2.45) is 0 Å². The van der Waals surface area contributed by atoms with Gasteiger partial charge in [-0.2, -0.15) is 5.10 Å². The second-order valence-corrected chi connectivity index (χ2v) is 4.17. The van der Waals surface area contributed by atoms with Crippen molar-refractivity contribution in [1.29, 1.82) is 0 Å². The minimum Gasteiger partial charge on any atom is -0.377 e. The van der Waals surface area contributed by atoms with E-state index in [0.717, 1.165) is 17.9 Å². The zero-order chi connectivity index (χ0) is 11.5. The SMILES string of the molecule is Cc1nnc(N2CCOCC2CCl)nc1C. The molecule has 1 fully saturated rings. The average Bonchev–Trinajstić information content (AvgIpc) is 2.32. The molecule has 0 spiro atoms. The van der Waals surface area contributed by atoms with Crippen molar-refractivity contribution in [3.8, 4) is 0 Å². The molecule has 0 bridgehead atoms. The molecule has 0 saturated carbocycles. The zero-order valence-electron chi connectivity index (χ0n) is 9.48. The number of aryl methyl sites for hydroxylation is 2. The molecule has 6 heteroatoms. The van der Waals surface area contributed by atoms with Gasteiger partial charge < -0.3 is 9.64 Å². The second-order valence-electron chi connectivity index (χ2n) is 3.86. The van der Waals surface area contributed by atoms with Crippen LogP contribution in [0.5, 0.6) is 0 Å². The van der Waals surface area contributed by atoms with Gasteiger partial charge in [0.25, 0.3) is 0 Å². The third-order valence-corrected chi connectivity index (χ3v) is 3.10. The standard InChI is InChI=1S/C10H15ClN4O/c1-7-8(2)13-14-10(12-7)15-3-4-16-6-9(15)5-11/h9H,3-6H2,1-2H3. The molecule has 1 aromatic heterocycles. The van der Waals surface area contributed by atoms with Crippen molar-refractivity contribution >= 4 is 17.5 Å². The molecule has 16 heavy (non-hydrogen) atoms. The summed E-state index contributed by atoms with van der Waals surface area (Å²) in [6, 6.07) is 0.138. The molecule has 0 aliphatic carbocycles. The van der Waals surface area contributed by atoms with Gasteiger partial charge >= 0.3 is 0 Å². The lowest BCUT2D eigenvalue weighted by atomic mass is 10.2. The number of anilines is 1. The van der Waals surface area contributed by atoms with Gasteiger partial charge in [-0.25, -0.2) is 4.98 Å². The molecule has 2 heterocycles. The van der Waals surface area contributed by atoms with E-state index in [1.54, 1.807) is 0 Å². The molecule has 1 aliphatic rings. The number of nitrogens with zero attached hydrogens (tertiary/aromatic N) is 4. The van der Waals surface area contributed by atoms with E-state index in [1.807, 2.05) is 13.8 Å². The lowest BCUT2D eigenvalue weighted by Gasteiger charge is -2.34. The minimum atomic E-state index is 0.138. The van der Waals surface area contributed by atoms with Gasteiger partial charge in [0.05, 0.1) is 30.6 Å². The first kappa shape index (κ1) is 11.5. The van der Waals surface area contributed by atoms with Crippen LogP contribution in [0.1, 0.15) is 11.4 Å². The Morgan fingerprint density at radius 2 is 2.19 bits per heavy atom. The van der Waals surface area contributed by atoms with Crippen molar-refractivity contribution < 1.29 is 4.74 Å². The fourth-order valence-electron chi connectivity index (χ4n) is 1.61. The van der Waals surface area contributed by atoms with E-state index in [-0.39, 0.29) is 6.04 Å². The Morgan fingerprint density at radius 1 is 1.38 bits per heavy atom. The topological polar surface area (TPSA) is 51.1 Å². The Kier molecular flexibility index (Phi) is 3.56. The van der Waals surface area contributed by atoms with Crippen molar-refractivity contribution in [2.75, 3.05) is 30.5 Å². The van der Waals surface area contributed by atoms with Crippen LogP contribution in [-0.4, -0.2) is 46.9 Å². The van der Waals surface area contributed by atoms with Gasteiger partial charge in [-0.05, 0) is 13.8 Å². The highest BCUT2D eigenvalue weighted by atomic mass is 35.5. The Morgan fingerprint density at radius 3 is 2.88 bits per heavy atom. The molecule has 0 radical (unpaired) electrons. The molecule has 0 amide bonds. The Bertz CT molecular complexity index is 374. The molecule has 88 valence electrons.